The molecule has 1 atom stereocenters. The zero-order valence-electron chi connectivity index (χ0n) is 11.4. The SMILES string of the molecule is C=CC1(OCCCC)C=C(C(F)(F)F)C=C(C(F)(F)F)C1. The zero-order chi connectivity index (χ0) is 16.3. The summed E-state index contributed by atoms with van der Waals surface area (Å²) in [6, 6.07) is 0. The van der Waals surface area contributed by atoms with Gasteiger partial charge in [0.2, 0.25) is 0 Å². The second kappa shape index (κ2) is 6.25. The molecule has 1 unspecified atom stereocenters. The van der Waals surface area contributed by atoms with E-state index in [2.05, 4.69) is 6.58 Å². The number of hydrogen-bond donors (Lipinski definition) is 0. The Hall–Kier alpha value is -1.24. The minimum absolute atomic E-state index is 0.0648. The fourth-order valence-corrected chi connectivity index (χ4v) is 1.93. The minimum Gasteiger partial charge on any atom is -0.366 e. The molecular formula is C14H16F6O. The van der Waals surface area contributed by atoms with Gasteiger partial charge in [-0.15, -0.1) is 0 Å². The molecule has 0 N–H and O–H groups in total. The molecule has 1 aliphatic rings. The lowest BCUT2D eigenvalue weighted by molar-refractivity contribution is -0.107. The second-order valence-corrected chi connectivity index (χ2v) is 4.80. The van der Waals surface area contributed by atoms with Crippen LogP contribution in [0.15, 0.2) is 36.0 Å². The van der Waals surface area contributed by atoms with E-state index in [0.29, 0.717) is 18.9 Å². The number of rotatable bonds is 5. The second-order valence-electron chi connectivity index (χ2n) is 4.80. The van der Waals surface area contributed by atoms with Crippen LogP contribution < -0.4 is 0 Å². The molecule has 0 spiro atoms. The van der Waals surface area contributed by atoms with Crippen molar-refractivity contribution in [2.45, 2.75) is 44.1 Å². The molecule has 0 radical (unpaired) electrons. The van der Waals surface area contributed by atoms with E-state index in [1.807, 2.05) is 6.92 Å². The Balaban J connectivity index is 3.19. The molecule has 0 bridgehead atoms. The van der Waals surface area contributed by atoms with Gasteiger partial charge in [0, 0.05) is 18.6 Å². The lowest BCUT2D eigenvalue weighted by Crippen LogP contribution is -2.36. The van der Waals surface area contributed by atoms with Crippen molar-refractivity contribution < 1.29 is 31.1 Å². The monoisotopic (exact) mass is 314 g/mol. The van der Waals surface area contributed by atoms with Crippen LogP contribution in [0.2, 0.25) is 0 Å². The molecule has 0 amide bonds. The highest BCUT2D eigenvalue weighted by molar-refractivity contribution is 5.40. The first kappa shape index (κ1) is 17.8. The summed E-state index contributed by atoms with van der Waals surface area (Å²) in [6.07, 6.45) is -7.38. The number of alkyl halides is 6. The van der Waals surface area contributed by atoms with Crippen LogP contribution in [0.1, 0.15) is 26.2 Å². The average Bonchev–Trinajstić information content (AvgIpc) is 2.36. The van der Waals surface area contributed by atoms with Crippen LogP contribution in [0.4, 0.5) is 26.3 Å². The minimum atomic E-state index is -4.88. The Kier molecular flexibility index (Phi) is 5.30. The smallest absolute Gasteiger partial charge is 0.366 e. The van der Waals surface area contributed by atoms with Crippen LogP contribution in [-0.4, -0.2) is 24.6 Å². The number of allylic oxidation sites excluding steroid dienone is 2. The molecule has 0 aromatic carbocycles. The van der Waals surface area contributed by atoms with Gasteiger partial charge in [-0.3, -0.25) is 0 Å². The predicted octanol–water partition coefficient (Wildman–Crippen LogP) is 5.11. The molecule has 120 valence electrons. The van der Waals surface area contributed by atoms with Crippen molar-refractivity contribution in [3.05, 3.63) is 36.0 Å². The maximum absolute atomic E-state index is 12.8. The molecule has 1 nitrogen and oxygen atoms in total. The van der Waals surface area contributed by atoms with Crippen LogP contribution >= 0.6 is 0 Å². The van der Waals surface area contributed by atoms with E-state index < -0.39 is 35.5 Å². The van der Waals surface area contributed by atoms with E-state index in [1.165, 1.54) is 0 Å². The van der Waals surface area contributed by atoms with Crippen molar-refractivity contribution in [1.82, 2.24) is 0 Å². The molecule has 7 heteroatoms. The molecule has 0 aromatic rings. The van der Waals surface area contributed by atoms with Gasteiger partial charge in [-0.1, -0.05) is 26.0 Å². The highest BCUT2D eigenvalue weighted by Crippen LogP contribution is 2.43. The molecule has 0 saturated heterocycles. The van der Waals surface area contributed by atoms with Gasteiger partial charge in [0.05, 0.1) is 5.57 Å². The van der Waals surface area contributed by atoms with E-state index in [-0.39, 0.29) is 12.7 Å². The first-order valence-corrected chi connectivity index (χ1v) is 6.39. The molecule has 0 aliphatic heterocycles. The highest BCUT2D eigenvalue weighted by atomic mass is 19.4. The standard InChI is InChI=1S/C14H16F6O/c1-3-5-6-21-12(4-2)8-10(13(15,16)17)7-11(9-12)14(18,19)20/h4,7-8H,2-3,5-6,9H2,1H3. The van der Waals surface area contributed by atoms with Crippen molar-refractivity contribution in [1.29, 1.82) is 0 Å². The number of halogens is 6. The van der Waals surface area contributed by atoms with Gasteiger partial charge in [0.1, 0.15) is 5.60 Å². The first-order chi connectivity index (χ1) is 9.54. The summed E-state index contributed by atoms with van der Waals surface area (Å²) in [7, 11) is 0. The Morgan fingerprint density at radius 1 is 1.24 bits per heavy atom. The van der Waals surface area contributed by atoms with Crippen molar-refractivity contribution in [2.75, 3.05) is 6.61 Å². The normalized spacial score (nSPS) is 23.6. The predicted molar refractivity (Wildman–Crippen MR) is 66.7 cm³/mol. The van der Waals surface area contributed by atoms with Crippen molar-refractivity contribution in [3.63, 3.8) is 0 Å². The highest BCUT2D eigenvalue weighted by Gasteiger charge is 2.46. The summed E-state index contributed by atoms with van der Waals surface area (Å²) in [5, 5.41) is 0. The molecule has 1 aliphatic carbocycles. The summed E-state index contributed by atoms with van der Waals surface area (Å²) >= 11 is 0. The molecule has 0 fully saturated rings. The van der Waals surface area contributed by atoms with Crippen LogP contribution in [0.5, 0.6) is 0 Å². The third-order valence-electron chi connectivity index (χ3n) is 3.10. The van der Waals surface area contributed by atoms with Crippen molar-refractivity contribution in [2.24, 2.45) is 0 Å². The van der Waals surface area contributed by atoms with Crippen LogP contribution in [0.3, 0.4) is 0 Å². The molecule has 0 heterocycles. The summed E-state index contributed by atoms with van der Waals surface area (Å²) in [5.41, 5.74) is -4.41. The maximum atomic E-state index is 12.8. The number of unbranched alkanes of at least 4 members (excludes halogenated alkanes) is 1. The molecule has 0 aromatic heterocycles. The van der Waals surface area contributed by atoms with Gasteiger partial charge in [-0.2, -0.15) is 26.3 Å². The van der Waals surface area contributed by atoms with Crippen LogP contribution in [-0.2, 0) is 4.74 Å². The molecule has 1 rings (SSSR count). The summed E-state index contributed by atoms with van der Waals surface area (Å²) in [6.45, 7) is 5.24. The number of ether oxygens (including phenoxy) is 1. The molecule has 0 saturated carbocycles. The molecular weight excluding hydrogens is 298 g/mol. The Morgan fingerprint density at radius 3 is 2.29 bits per heavy atom. The van der Waals surface area contributed by atoms with E-state index >= 15 is 0 Å². The quantitative estimate of drug-likeness (QED) is 0.389. The van der Waals surface area contributed by atoms with Crippen LogP contribution in [0, 0.1) is 0 Å². The fraction of sp³-hybridized carbons (Fsp3) is 0.571. The topological polar surface area (TPSA) is 9.23 Å². The van der Waals surface area contributed by atoms with Gasteiger partial charge in [0.25, 0.3) is 0 Å². The third kappa shape index (κ3) is 4.62. The Morgan fingerprint density at radius 2 is 1.86 bits per heavy atom. The Bertz CT molecular complexity index is 443. The van der Waals surface area contributed by atoms with Gasteiger partial charge in [-0.05, 0) is 18.6 Å². The fourth-order valence-electron chi connectivity index (χ4n) is 1.93. The average molecular weight is 314 g/mol. The lowest BCUT2D eigenvalue weighted by atomic mass is 9.85. The summed E-state index contributed by atoms with van der Waals surface area (Å²) in [4.78, 5) is 0. The summed E-state index contributed by atoms with van der Waals surface area (Å²) < 4.78 is 82.1. The van der Waals surface area contributed by atoms with Gasteiger partial charge in [0.15, 0.2) is 0 Å². The third-order valence-corrected chi connectivity index (χ3v) is 3.10. The van der Waals surface area contributed by atoms with E-state index in [0.717, 1.165) is 6.08 Å². The van der Waals surface area contributed by atoms with E-state index in [9.17, 15) is 26.3 Å². The van der Waals surface area contributed by atoms with Crippen LogP contribution in [0.25, 0.3) is 0 Å². The van der Waals surface area contributed by atoms with E-state index in [1.54, 1.807) is 0 Å². The first-order valence-electron chi connectivity index (χ1n) is 6.39. The van der Waals surface area contributed by atoms with Gasteiger partial charge < -0.3 is 4.74 Å². The molecule has 21 heavy (non-hydrogen) atoms. The van der Waals surface area contributed by atoms with Gasteiger partial charge in [-0.25, -0.2) is 0 Å². The van der Waals surface area contributed by atoms with Gasteiger partial charge >= 0.3 is 12.4 Å². The lowest BCUT2D eigenvalue weighted by Gasteiger charge is -2.33. The van der Waals surface area contributed by atoms with Crippen molar-refractivity contribution in [3.8, 4) is 0 Å². The Labute approximate surface area is 119 Å². The van der Waals surface area contributed by atoms with Crippen molar-refractivity contribution >= 4 is 0 Å². The summed E-state index contributed by atoms with van der Waals surface area (Å²) in [5.74, 6) is 0. The maximum Gasteiger partial charge on any atom is 0.416 e. The number of hydrogen-bond acceptors (Lipinski definition) is 1. The largest absolute Gasteiger partial charge is 0.416 e. The van der Waals surface area contributed by atoms with E-state index in [4.69, 9.17) is 4.74 Å². The zero-order valence-corrected chi connectivity index (χ0v) is 11.4.